The average molecular weight is 206 g/mol. The van der Waals surface area contributed by atoms with Gasteiger partial charge in [0, 0.05) is 0 Å². The summed E-state index contributed by atoms with van der Waals surface area (Å²) in [5, 5.41) is 12.2. The molecule has 0 radical (unpaired) electrons. The first-order chi connectivity index (χ1) is 5.31. The fraction of sp³-hybridized carbons (Fsp3) is 1.00. The van der Waals surface area contributed by atoms with E-state index in [1.165, 1.54) is 6.42 Å². The maximum atomic E-state index is 12.2. The molecule has 0 heterocycles. The summed E-state index contributed by atoms with van der Waals surface area (Å²) in [6.45, 7) is 8.68. The van der Waals surface area contributed by atoms with E-state index in [0.717, 1.165) is 12.8 Å². The summed E-state index contributed by atoms with van der Waals surface area (Å²) < 4.78 is 0. The molecule has 2 bridgehead atoms. The summed E-state index contributed by atoms with van der Waals surface area (Å²) in [7, 11) is 0. The van der Waals surface area contributed by atoms with Crippen molar-refractivity contribution >= 4 is 0 Å². The van der Waals surface area contributed by atoms with Crippen molar-refractivity contribution in [2.45, 2.75) is 52.6 Å². The Bertz CT molecular complexity index is 222. The van der Waals surface area contributed by atoms with E-state index in [0.29, 0.717) is 5.92 Å². The molecule has 2 aliphatic carbocycles. The maximum absolute atomic E-state index is 12.2. The third kappa shape index (κ3) is 1.37. The van der Waals surface area contributed by atoms with E-state index in [1.54, 1.807) is 0 Å². The largest absolute Gasteiger partial charge is 1.00 e. The van der Waals surface area contributed by atoms with Crippen LogP contribution in [0.4, 0.5) is 0 Å². The Kier molecular flexibility index (Phi) is 3.21. The molecular weight excluding hydrogens is 187 g/mol. The molecule has 0 unspecified atom stereocenters. The van der Waals surface area contributed by atoms with Crippen LogP contribution in [0.2, 0.25) is 0 Å². The minimum Gasteiger partial charge on any atom is -0.849 e. The van der Waals surface area contributed by atoms with E-state index in [1.807, 2.05) is 6.92 Å². The normalized spacial score (nSPS) is 51.9. The van der Waals surface area contributed by atoms with Gasteiger partial charge in [0.2, 0.25) is 0 Å². The Morgan fingerprint density at radius 3 is 1.85 bits per heavy atom. The summed E-state index contributed by atoms with van der Waals surface area (Å²) in [6.07, 6.45) is 3.32. The standard InChI is InChI=1S/C11H19O.K/c1-9(2)8-5-6-10(9,3)11(4,12)7-8;/h8H,5-7H2,1-4H3;/q-1;+1/t8-,10-,11-;/m1./s1. The molecule has 0 saturated heterocycles. The summed E-state index contributed by atoms with van der Waals surface area (Å²) in [5.41, 5.74) is -0.340. The first-order valence-corrected chi connectivity index (χ1v) is 5.02. The van der Waals surface area contributed by atoms with Crippen LogP contribution in [0.5, 0.6) is 0 Å². The second-order valence-corrected chi connectivity index (χ2v) is 5.72. The molecule has 2 fully saturated rings. The van der Waals surface area contributed by atoms with Gasteiger partial charge < -0.3 is 5.11 Å². The van der Waals surface area contributed by atoms with Crippen LogP contribution in [0.15, 0.2) is 0 Å². The molecule has 70 valence electrons. The topological polar surface area (TPSA) is 23.1 Å². The van der Waals surface area contributed by atoms with Gasteiger partial charge in [-0.2, -0.15) is 0 Å². The van der Waals surface area contributed by atoms with Gasteiger partial charge in [-0.25, -0.2) is 0 Å². The van der Waals surface area contributed by atoms with Gasteiger partial charge in [0.05, 0.1) is 0 Å². The van der Waals surface area contributed by atoms with Crippen LogP contribution in [0.1, 0.15) is 47.0 Å². The van der Waals surface area contributed by atoms with Crippen LogP contribution < -0.4 is 56.5 Å². The molecule has 2 saturated carbocycles. The van der Waals surface area contributed by atoms with Crippen LogP contribution in [0.25, 0.3) is 0 Å². The van der Waals surface area contributed by atoms with E-state index in [-0.39, 0.29) is 62.2 Å². The van der Waals surface area contributed by atoms with E-state index in [4.69, 9.17) is 0 Å². The predicted octanol–water partition coefficient (Wildman–Crippen LogP) is -1.04. The summed E-state index contributed by atoms with van der Waals surface area (Å²) in [6, 6.07) is 0. The minimum absolute atomic E-state index is 0. The van der Waals surface area contributed by atoms with E-state index in [9.17, 15) is 5.11 Å². The van der Waals surface area contributed by atoms with Crippen molar-refractivity contribution in [3.63, 3.8) is 0 Å². The van der Waals surface area contributed by atoms with E-state index in [2.05, 4.69) is 20.8 Å². The first-order valence-electron chi connectivity index (χ1n) is 5.02. The van der Waals surface area contributed by atoms with Crippen molar-refractivity contribution in [3.8, 4) is 0 Å². The predicted molar refractivity (Wildman–Crippen MR) is 47.6 cm³/mol. The molecule has 3 atom stereocenters. The van der Waals surface area contributed by atoms with Gasteiger partial charge in [0.15, 0.2) is 0 Å². The average Bonchev–Trinajstić information content (AvgIpc) is 2.18. The first kappa shape index (κ1) is 12.7. The molecule has 0 spiro atoms. The van der Waals surface area contributed by atoms with Crippen LogP contribution >= 0.6 is 0 Å². The molecular formula is C11H19KO. The van der Waals surface area contributed by atoms with Gasteiger partial charge in [0.1, 0.15) is 0 Å². The molecule has 2 aliphatic rings. The van der Waals surface area contributed by atoms with Crippen LogP contribution in [-0.4, -0.2) is 5.60 Å². The number of fused-ring (bicyclic) bond motifs is 2. The van der Waals surface area contributed by atoms with Crippen LogP contribution in [0.3, 0.4) is 0 Å². The maximum Gasteiger partial charge on any atom is 1.00 e. The fourth-order valence-corrected chi connectivity index (χ4v) is 3.60. The third-order valence-electron chi connectivity index (χ3n) is 5.24. The minimum atomic E-state index is -0.667. The van der Waals surface area contributed by atoms with Gasteiger partial charge in [-0.15, -0.1) is 5.60 Å². The van der Waals surface area contributed by atoms with Gasteiger partial charge in [-0.1, -0.05) is 34.1 Å². The van der Waals surface area contributed by atoms with E-state index < -0.39 is 5.60 Å². The van der Waals surface area contributed by atoms with Gasteiger partial charge in [-0.05, 0) is 29.6 Å². The molecule has 1 nitrogen and oxygen atoms in total. The van der Waals surface area contributed by atoms with Crippen LogP contribution in [-0.2, 0) is 0 Å². The zero-order chi connectivity index (χ0) is 9.20. The smallest absolute Gasteiger partial charge is 0.849 e. The molecule has 0 aromatic heterocycles. The summed E-state index contributed by atoms with van der Waals surface area (Å²) in [4.78, 5) is 0. The van der Waals surface area contributed by atoms with Crippen molar-refractivity contribution in [1.82, 2.24) is 0 Å². The van der Waals surface area contributed by atoms with Crippen molar-refractivity contribution in [3.05, 3.63) is 0 Å². The zero-order valence-electron chi connectivity index (χ0n) is 9.61. The molecule has 13 heavy (non-hydrogen) atoms. The summed E-state index contributed by atoms with van der Waals surface area (Å²) in [5.74, 6) is 0.685. The molecule has 0 amide bonds. The molecule has 0 aliphatic heterocycles. The Labute approximate surface area is 124 Å². The van der Waals surface area contributed by atoms with Crippen LogP contribution in [0, 0.1) is 16.7 Å². The second-order valence-electron chi connectivity index (χ2n) is 5.72. The zero-order valence-corrected chi connectivity index (χ0v) is 12.7. The third-order valence-corrected chi connectivity index (χ3v) is 5.24. The van der Waals surface area contributed by atoms with Crippen molar-refractivity contribution in [2.75, 3.05) is 0 Å². The molecule has 2 heteroatoms. The number of rotatable bonds is 0. The van der Waals surface area contributed by atoms with Crippen molar-refractivity contribution < 1.29 is 56.5 Å². The SMILES string of the molecule is CC1(C)[C@@H]2CC[C@@]1(C)[C@](C)([O-])C2.[K+]. The molecule has 0 N–H and O–H groups in total. The van der Waals surface area contributed by atoms with Crippen molar-refractivity contribution in [1.29, 1.82) is 0 Å². The van der Waals surface area contributed by atoms with Gasteiger partial charge in [-0.3, -0.25) is 0 Å². The molecule has 2 rings (SSSR count). The Balaban J connectivity index is 0.000000845. The quantitative estimate of drug-likeness (QED) is 0.464. The number of hydrogen-bond donors (Lipinski definition) is 0. The fourth-order valence-electron chi connectivity index (χ4n) is 3.60. The monoisotopic (exact) mass is 206 g/mol. The second kappa shape index (κ2) is 3.29. The van der Waals surface area contributed by atoms with Gasteiger partial charge in [0.25, 0.3) is 0 Å². The van der Waals surface area contributed by atoms with Crippen molar-refractivity contribution in [2.24, 2.45) is 16.7 Å². The summed E-state index contributed by atoms with van der Waals surface area (Å²) >= 11 is 0. The Morgan fingerprint density at radius 1 is 1.15 bits per heavy atom. The Hall–Kier alpha value is 1.60. The Morgan fingerprint density at radius 2 is 1.69 bits per heavy atom. The van der Waals surface area contributed by atoms with Gasteiger partial charge >= 0.3 is 51.4 Å². The number of hydrogen-bond acceptors (Lipinski definition) is 1. The van der Waals surface area contributed by atoms with E-state index >= 15 is 0 Å². The molecule has 0 aromatic rings. The molecule has 0 aromatic carbocycles.